The molecule has 0 aromatic heterocycles. The molecule has 0 radical (unpaired) electrons. The molecule has 0 spiro atoms. The number of halogens is 3. The third kappa shape index (κ3) is 6.89. The lowest BCUT2D eigenvalue weighted by Crippen LogP contribution is -2.16. The summed E-state index contributed by atoms with van der Waals surface area (Å²) in [5.41, 5.74) is 0. The van der Waals surface area contributed by atoms with Crippen LogP contribution in [-0.4, -0.2) is 26.0 Å². The minimum absolute atomic E-state index is 0.0928. The van der Waals surface area contributed by atoms with Crippen LogP contribution < -0.4 is 0 Å². The number of allylic oxidation sites excluding steroid dienone is 1. The van der Waals surface area contributed by atoms with E-state index in [0.717, 1.165) is 6.21 Å². The standard InChI is InChI=1S/C6H8F3NO/c1-5(3-10-2)11-4-6(7,8)9/h3H,1,4H2,2H3. The second-order valence-electron chi connectivity index (χ2n) is 1.76. The van der Waals surface area contributed by atoms with Gasteiger partial charge in [-0.1, -0.05) is 6.58 Å². The molecule has 0 fully saturated rings. The van der Waals surface area contributed by atoms with Crippen molar-refractivity contribution in [3.8, 4) is 0 Å². The lowest BCUT2D eigenvalue weighted by atomic mass is 10.6. The first-order valence-corrected chi connectivity index (χ1v) is 2.76. The zero-order valence-electron chi connectivity index (χ0n) is 5.98. The van der Waals surface area contributed by atoms with Crippen LogP contribution in [0, 0.1) is 0 Å². The van der Waals surface area contributed by atoms with Gasteiger partial charge in [0.05, 0.1) is 6.21 Å². The predicted octanol–water partition coefficient (Wildman–Crippen LogP) is 1.78. The van der Waals surface area contributed by atoms with Crippen molar-refractivity contribution in [2.75, 3.05) is 13.7 Å². The summed E-state index contributed by atoms with van der Waals surface area (Å²) in [5.74, 6) is -0.0928. The van der Waals surface area contributed by atoms with Gasteiger partial charge in [0, 0.05) is 7.05 Å². The molecule has 0 bridgehead atoms. The van der Waals surface area contributed by atoms with E-state index in [9.17, 15) is 13.2 Å². The number of hydrogen-bond donors (Lipinski definition) is 0. The Labute approximate surface area is 62.4 Å². The smallest absolute Gasteiger partial charge is 0.422 e. The van der Waals surface area contributed by atoms with Crippen molar-refractivity contribution >= 4 is 6.21 Å². The summed E-state index contributed by atoms with van der Waals surface area (Å²) < 4.78 is 38.5. The Morgan fingerprint density at radius 3 is 2.55 bits per heavy atom. The Morgan fingerprint density at radius 2 is 2.18 bits per heavy atom. The van der Waals surface area contributed by atoms with Crippen molar-refractivity contribution in [1.29, 1.82) is 0 Å². The molecule has 0 saturated heterocycles. The van der Waals surface area contributed by atoms with E-state index >= 15 is 0 Å². The minimum atomic E-state index is -4.31. The Balaban J connectivity index is 3.63. The third-order valence-corrected chi connectivity index (χ3v) is 0.694. The van der Waals surface area contributed by atoms with Gasteiger partial charge in [-0.15, -0.1) is 0 Å². The second kappa shape index (κ2) is 4.00. The van der Waals surface area contributed by atoms with Gasteiger partial charge in [-0.05, 0) is 0 Å². The lowest BCUT2D eigenvalue weighted by molar-refractivity contribution is -0.163. The maximum Gasteiger partial charge on any atom is 0.422 e. The van der Waals surface area contributed by atoms with Gasteiger partial charge in [0.15, 0.2) is 6.61 Å². The molecule has 0 saturated carbocycles. The van der Waals surface area contributed by atoms with E-state index < -0.39 is 12.8 Å². The van der Waals surface area contributed by atoms with Crippen LogP contribution in [0.2, 0.25) is 0 Å². The van der Waals surface area contributed by atoms with Gasteiger partial charge >= 0.3 is 6.18 Å². The number of alkyl halides is 3. The molecule has 0 rings (SSSR count). The molecule has 2 nitrogen and oxygen atoms in total. The molecule has 0 atom stereocenters. The molecular formula is C6H8F3NO. The topological polar surface area (TPSA) is 21.6 Å². The highest BCUT2D eigenvalue weighted by atomic mass is 19.4. The molecular weight excluding hydrogens is 159 g/mol. The maximum absolute atomic E-state index is 11.4. The molecule has 0 aromatic rings. The first-order valence-electron chi connectivity index (χ1n) is 2.76. The zero-order valence-corrected chi connectivity index (χ0v) is 5.98. The predicted molar refractivity (Wildman–Crippen MR) is 35.6 cm³/mol. The normalized spacial score (nSPS) is 12.0. The number of rotatable bonds is 3. The summed E-state index contributed by atoms with van der Waals surface area (Å²) in [6, 6.07) is 0. The average molecular weight is 167 g/mol. The van der Waals surface area contributed by atoms with Crippen LogP contribution in [0.3, 0.4) is 0 Å². The Bertz CT molecular complexity index is 162. The summed E-state index contributed by atoms with van der Waals surface area (Å²) in [7, 11) is 1.42. The van der Waals surface area contributed by atoms with Crippen molar-refractivity contribution < 1.29 is 17.9 Å². The van der Waals surface area contributed by atoms with Gasteiger partial charge in [-0.3, -0.25) is 4.99 Å². The number of ether oxygens (including phenoxy) is 1. The van der Waals surface area contributed by atoms with Crippen LogP contribution in [-0.2, 0) is 4.74 Å². The van der Waals surface area contributed by atoms with E-state index in [-0.39, 0.29) is 5.76 Å². The third-order valence-electron chi connectivity index (χ3n) is 0.694. The molecule has 0 aliphatic rings. The summed E-state index contributed by atoms with van der Waals surface area (Å²) in [5, 5.41) is 0. The fourth-order valence-electron chi connectivity index (χ4n) is 0.356. The first-order chi connectivity index (χ1) is 4.95. The van der Waals surface area contributed by atoms with Gasteiger partial charge in [0.2, 0.25) is 0 Å². The highest BCUT2D eigenvalue weighted by Gasteiger charge is 2.28. The van der Waals surface area contributed by atoms with Gasteiger partial charge in [0.1, 0.15) is 5.76 Å². The second-order valence-corrected chi connectivity index (χ2v) is 1.76. The van der Waals surface area contributed by atoms with Crippen LogP contribution in [0.4, 0.5) is 13.2 Å². The molecule has 64 valence electrons. The minimum Gasteiger partial charge on any atom is -0.483 e. The van der Waals surface area contributed by atoms with E-state index in [1.54, 1.807) is 0 Å². The fourth-order valence-corrected chi connectivity index (χ4v) is 0.356. The van der Waals surface area contributed by atoms with Crippen LogP contribution >= 0.6 is 0 Å². The summed E-state index contributed by atoms with van der Waals surface area (Å²) in [4.78, 5) is 3.42. The Kier molecular flexibility index (Phi) is 3.64. The van der Waals surface area contributed by atoms with Crippen molar-refractivity contribution in [2.45, 2.75) is 6.18 Å². The van der Waals surface area contributed by atoms with Crippen LogP contribution in [0.5, 0.6) is 0 Å². The molecule has 0 unspecified atom stereocenters. The van der Waals surface area contributed by atoms with Crippen molar-refractivity contribution in [1.82, 2.24) is 0 Å². The Hall–Kier alpha value is -1.00. The summed E-state index contributed by atoms with van der Waals surface area (Å²) >= 11 is 0. The molecule has 11 heavy (non-hydrogen) atoms. The SMILES string of the molecule is C=C(C=NC)OCC(F)(F)F. The molecule has 0 aliphatic heterocycles. The quantitative estimate of drug-likeness (QED) is 0.463. The first kappa shape index (κ1) is 10.0. The van der Waals surface area contributed by atoms with E-state index in [1.165, 1.54) is 7.05 Å². The summed E-state index contributed by atoms with van der Waals surface area (Å²) in [6.07, 6.45) is -3.20. The molecule has 0 amide bonds. The molecule has 0 aliphatic carbocycles. The number of hydrogen-bond acceptors (Lipinski definition) is 2. The monoisotopic (exact) mass is 167 g/mol. The Morgan fingerprint density at radius 1 is 1.64 bits per heavy atom. The molecule has 5 heteroatoms. The lowest BCUT2D eigenvalue weighted by Gasteiger charge is -2.07. The van der Waals surface area contributed by atoms with Gasteiger partial charge in [0.25, 0.3) is 0 Å². The van der Waals surface area contributed by atoms with Crippen LogP contribution in [0.15, 0.2) is 17.3 Å². The molecule has 0 N–H and O–H groups in total. The maximum atomic E-state index is 11.4. The van der Waals surface area contributed by atoms with Crippen molar-refractivity contribution in [3.05, 3.63) is 12.3 Å². The van der Waals surface area contributed by atoms with Gasteiger partial charge in [-0.25, -0.2) is 0 Å². The highest BCUT2D eigenvalue weighted by molar-refractivity contribution is 5.74. The van der Waals surface area contributed by atoms with Crippen LogP contribution in [0.25, 0.3) is 0 Å². The van der Waals surface area contributed by atoms with Crippen molar-refractivity contribution in [2.24, 2.45) is 4.99 Å². The number of nitrogens with zero attached hydrogens (tertiary/aromatic N) is 1. The van der Waals surface area contributed by atoms with Crippen LogP contribution in [0.1, 0.15) is 0 Å². The van der Waals surface area contributed by atoms with E-state index in [1.807, 2.05) is 0 Å². The van der Waals surface area contributed by atoms with Crippen molar-refractivity contribution in [3.63, 3.8) is 0 Å². The van der Waals surface area contributed by atoms with Gasteiger partial charge < -0.3 is 4.74 Å². The van der Waals surface area contributed by atoms with E-state index in [4.69, 9.17) is 0 Å². The zero-order chi connectivity index (χ0) is 8.91. The average Bonchev–Trinajstić information content (AvgIpc) is 1.83. The molecule has 0 aromatic carbocycles. The summed E-state index contributed by atoms with van der Waals surface area (Å²) in [6.45, 7) is 1.85. The fraction of sp³-hybridized carbons (Fsp3) is 0.500. The van der Waals surface area contributed by atoms with Gasteiger partial charge in [-0.2, -0.15) is 13.2 Å². The highest BCUT2D eigenvalue weighted by Crippen LogP contribution is 2.15. The van der Waals surface area contributed by atoms with E-state index in [0.29, 0.717) is 0 Å². The van der Waals surface area contributed by atoms with E-state index in [2.05, 4.69) is 16.3 Å². The largest absolute Gasteiger partial charge is 0.483 e. The molecule has 0 heterocycles. The number of aliphatic imine (C=N–C) groups is 1.